The first-order chi connectivity index (χ1) is 10.3. The minimum absolute atomic E-state index is 0.00432. The van der Waals surface area contributed by atoms with Gasteiger partial charge in [-0.25, -0.2) is 9.97 Å². The van der Waals surface area contributed by atoms with Crippen LogP contribution in [-0.4, -0.2) is 54.1 Å². The molecule has 2 rings (SSSR count). The van der Waals surface area contributed by atoms with Crippen molar-refractivity contribution in [1.29, 1.82) is 0 Å². The molecule has 21 heavy (non-hydrogen) atoms. The van der Waals surface area contributed by atoms with E-state index >= 15 is 0 Å². The average molecular weight is 292 g/mol. The SMILES string of the molecule is COCCCNc1cnc(C(=O)N2CCCCCC2)cn1. The predicted molar refractivity (Wildman–Crippen MR) is 81.4 cm³/mol. The van der Waals surface area contributed by atoms with Crippen LogP contribution in [0.5, 0.6) is 0 Å². The summed E-state index contributed by atoms with van der Waals surface area (Å²) in [5.41, 5.74) is 0.430. The summed E-state index contributed by atoms with van der Waals surface area (Å²) in [6.45, 7) is 3.16. The van der Waals surface area contributed by atoms with Crippen LogP contribution in [0.2, 0.25) is 0 Å². The molecule has 1 aliphatic rings. The number of ether oxygens (including phenoxy) is 1. The molecule has 6 heteroatoms. The van der Waals surface area contributed by atoms with Gasteiger partial charge in [0.2, 0.25) is 0 Å². The number of hydrogen-bond acceptors (Lipinski definition) is 5. The molecule has 1 saturated heterocycles. The van der Waals surface area contributed by atoms with E-state index in [4.69, 9.17) is 4.74 Å². The van der Waals surface area contributed by atoms with Crippen LogP contribution in [0.4, 0.5) is 5.82 Å². The maximum Gasteiger partial charge on any atom is 0.274 e. The van der Waals surface area contributed by atoms with Crippen molar-refractivity contribution in [2.75, 3.05) is 38.7 Å². The van der Waals surface area contributed by atoms with Crippen molar-refractivity contribution >= 4 is 11.7 Å². The standard InChI is InChI=1S/C15H24N4O2/c1-21-10-6-7-16-14-12-17-13(11-18-14)15(20)19-8-4-2-3-5-9-19/h11-12H,2-10H2,1H3,(H,16,18). The molecule has 0 spiro atoms. The third kappa shape index (κ3) is 4.97. The lowest BCUT2D eigenvalue weighted by atomic mass is 10.2. The van der Waals surface area contributed by atoms with Crippen LogP contribution in [0, 0.1) is 0 Å². The van der Waals surface area contributed by atoms with Crippen molar-refractivity contribution in [3.05, 3.63) is 18.1 Å². The van der Waals surface area contributed by atoms with Crippen LogP contribution in [0.1, 0.15) is 42.6 Å². The van der Waals surface area contributed by atoms with Crippen LogP contribution < -0.4 is 5.32 Å². The molecule has 1 amide bonds. The van der Waals surface area contributed by atoms with Gasteiger partial charge in [-0.2, -0.15) is 0 Å². The van der Waals surface area contributed by atoms with Gasteiger partial charge in [0.05, 0.1) is 12.4 Å². The fourth-order valence-electron chi connectivity index (χ4n) is 2.40. The molecule has 0 radical (unpaired) electrons. The van der Waals surface area contributed by atoms with Crippen LogP contribution in [0.15, 0.2) is 12.4 Å². The number of carbonyl (C=O) groups is 1. The highest BCUT2D eigenvalue weighted by Crippen LogP contribution is 2.12. The summed E-state index contributed by atoms with van der Waals surface area (Å²) in [6.07, 6.45) is 8.67. The van der Waals surface area contributed by atoms with Crippen molar-refractivity contribution < 1.29 is 9.53 Å². The molecular formula is C15H24N4O2. The van der Waals surface area contributed by atoms with Gasteiger partial charge in [0, 0.05) is 33.4 Å². The van der Waals surface area contributed by atoms with Gasteiger partial charge in [-0.15, -0.1) is 0 Å². The number of methoxy groups -OCH3 is 1. The lowest BCUT2D eigenvalue weighted by Gasteiger charge is -2.19. The Kier molecular flexibility index (Phi) is 6.40. The molecule has 2 heterocycles. The van der Waals surface area contributed by atoms with Crippen LogP contribution in [0.3, 0.4) is 0 Å². The van der Waals surface area contributed by atoms with Gasteiger partial charge in [0.15, 0.2) is 0 Å². The van der Waals surface area contributed by atoms with E-state index < -0.39 is 0 Å². The van der Waals surface area contributed by atoms with E-state index in [9.17, 15) is 4.79 Å². The Labute approximate surface area is 125 Å². The maximum absolute atomic E-state index is 12.3. The summed E-state index contributed by atoms with van der Waals surface area (Å²) in [5, 5.41) is 3.16. The first-order valence-electron chi connectivity index (χ1n) is 7.65. The second-order valence-corrected chi connectivity index (χ2v) is 5.27. The third-order valence-corrected chi connectivity index (χ3v) is 3.60. The number of amides is 1. The molecule has 1 aromatic heterocycles. The minimum atomic E-state index is -0.00432. The molecule has 6 nitrogen and oxygen atoms in total. The van der Waals surface area contributed by atoms with E-state index in [1.165, 1.54) is 12.8 Å². The number of rotatable bonds is 6. The zero-order valence-electron chi connectivity index (χ0n) is 12.7. The maximum atomic E-state index is 12.3. The number of hydrogen-bond donors (Lipinski definition) is 1. The summed E-state index contributed by atoms with van der Waals surface area (Å²) in [6, 6.07) is 0. The average Bonchev–Trinajstić information content (AvgIpc) is 2.81. The number of nitrogens with zero attached hydrogens (tertiary/aromatic N) is 3. The van der Waals surface area contributed by atoms with Gasteiger partial charge in [0.25, 0.3) is 5.91 Å². The summed E-state index contributed by atoms with van der Waals surface area (Å²) in [7, 11) is 1.68. The van der Waals surface area contributed by atoms with Gasteiger partial charge < -0.3 is 15.0 Å². The molecule has 1 aromatic rings. The molecule has 1 fully saturated rings. The van der Waals surface area contributed by atoms with E-state index in [-0.39, 0.29) is 5.91 Å². The largest absolute Gasteiger partial charge is 0.385 e. The van der Waals surface area contributed by atoms with Crippen molar-refractivity contribution in [2.45, 2.75) is 32.1 Å². The molecule has 116 valence electrons. The van der Waals surface area contributed by atoms with Gasteiger partial charge in [0.1, 0.15) is 11.5 Å². The Bertz CT molecular complexity index is 428. The lowest BCUT2D eigenvalue weighted by Crippen LogP contribution is -2.32. The smallest absolute Gasteiger partial charge is 0.274 e. The third-order valence-electron chi connectivity index (χ3n) is 3.60. The monoisotopic (exact) mass is 292 g/mol. The normalized spacial score (nSPS) is 15.6. The number of nitrogens with one attached hydrogen (secondary N) is 1. The fourth-order valence-corrected chi connectivity index (χ4v) is 2.40. The Morgan fingerprint density at radius 3 is 2.62 bits per heavy atom. The highest BCUT2D eigenvalue weighted by Gasteiger charge is 2.18. The fraction of sp³-hybridized carbons (Fsp3) is 0.667. The van der Waals surface area contributed by atoms with Gasteiger partial charge in [-0.3, -0.25) is 4.79 Å². The van der Waals surface area contributed by atoms with E-state index in [1.807, 2.05) is 4.90 Å². The Hall–Kier alpha value is -1.69. The van der Waals surface area contributed by atoms with Crippen molar-refractivity contribution in [2.24, 2.45) is 0 Å². The van der Waals surface area contributed by atoms with Crippen LogP contribution in [0.25, 0.3) is 0 Å². The number of anilines is 1. The van der Waals surface area contributed by atoms with E-state index in [2.05, 4.69) is 15.3 Å². The molecule has 0 saturated carbocycles. The van der Waals surface area contributed by atoms with Crippen LogP contribution in [-0.2, 0) is 4.74 Å². The van der Waals surface area contributed by atoms with Gasteiger partial charge in [-0.05, 0) is 19.3 Å². The second kappa shape index (κ2) is 8.56. The summed E-state index contributed by atoms with van der Waals surface area (Å²) in [5.74, 6) is 0.689. The highest BCUT2D eigenvalue weighted by molar-refractivity contribution is 5.92. The molecule has 1 N–H and O–H groups in total. The van der Waals surface area contributed by atoms with E-state index in [1.54, 1.807) is 19.5 Å². The Morgan fingerprint density at radius 1 is 1.24 bits per heavy atom. The minimum Gasteiger partial charge on any atom is -0.385 e. The summed E-state index contributed by atoms with van der Waals surface area (Å²) < 4.78 is 4.98. The van der Waals surface area contributed by atoms with E-state index in [0.717, 1.165) is 38.9 Å². The highest BCUT2D eigenvalue weighted by atomic mass is 16.5. The van der Waals surface area contributed by atoms with Crippen LogP contribution >= 0.6 is 0 Å². The van der Waals surface area contributed by atoms with Crippen molar-refractivity contribution in [3.8, 4) is 0 Å². The number of carbonyl (C=O) groups excluding carboxylic acids is 1. The van der Waals surface area contributed by atoms with Crippen molar-refractivity contribution in [1.82, 2.24) is 14.9 Å². The first-order valence-corrected chi connectivity index (χ1v) is 7.65. The van der Waals surface area contributed by atoms with Crippen molar-refractivity contribution in [3.63, 3.8) is 0 Å². The first kappa shape index (κ1) is 15.7. The topological polar surface area (TPSA) is 67.3 Å². The molecule has 1 aliphatic heterocycles. The van der Waals surface area contributed by atoms with E-state index in [0.29, 0.717) is 18.1 Å². The van der Waals surface area contributed by atoms with Gasteiger partial charge >= 0.3 is 0 Å². The number of likely N-dealkylation sites (tertiary alicyclic amines) is 1. The molecule has 0 aromatic carbocycles. The Morgan fingerprint density at radius 2 is 2.00 bits per heavy atom. The second-order valence-electron chi connectivity index (χ2n) is 5.27. The number of aromatic nitrogens is 2. The summed E-state index contributed by atoms with van der Waals surface area (Å²) >= 11 is 0. The molecule has 0 unspecified atom stereocenters. The zero-order chi connectivity index (χ0) is 14.9. The molecule has 0 bridgehead atoms. The summed E-state index contributed by atoms with van der Waals surface area (Å²) in [4.78, 5) is 22.7. The van der Waals surface area contributed by atoms with Gasteiger partial charge in [-0.1, -0.05) is 12.8 Å². The predicted octanol–water partition coefficient (Wildman–Crippen LogP) is 1.94. The quantitative estimate of drug-likeness (QED) is 0.812. The zero-order valence-corrected chi connectivity index (χ0v) is 12.7. The lowest BCUT2D eigenvalue weighted by molar-refractivity contribution is 0.0755. The Balaban J connectivity index is 1.86. The molecule has 0 atom stereocenters. The molecular weight excluding hydrogens is 268 g/mol. The molecule has 0 aliphatic carbocycles.